The highest BCUT2D eigenvalue weighted by atomic mass is 35.5. The molecule has 2 aromatic rings. The van der Waals surface area contributed by atoms with Crippen molar-refractivity contribution in [2.45, 2.75) is 13.0 Å². The summed E-state index contributed by atoms with van der Waals surface area (Å²) in [5, 5.41) is 28.5. The molecule has 2 rings (SSSR count). The van der Waals surface area contributed by atoms with E-state index in [0.29, 0.717) is 40.7 Å². The van der Waals surface area contributed by atoms with Crippen LogP contribution in [0.1, 0.15) is 16.7 Å². The molecule has 0 aliphatic carbocycles. The Kier molecular flexibility index (Phi) is 10.4. The van der Waals surface area contributed by atoms with E-state index in [9.17, 15) is 14.9 Å². The Morgan fingerprint density at radius 1 is 1.17 bits per heavy atom. The zero-order valence-corrected chi connectivity index (χ0v) is 17.0. The smallest absolute Gasteiger partial charge is 0.328 e. The first-order chi connectivity index (χ1) is 14.3. The average Bonchev–Trinajstić information content (AvgIpc) is 2.69. The number of nitriles is 1. The molecule has 0 aromatic heterocycles. The van der Waals surface area contributed by atoms with Crippen LogP contribution in [0.15, 0.2) is 61.2 Å². The molecule has 8 heteroatoms. The summed E-state index contributed by atoms with van der Waals surface area (Å²) in [4.78, 5) is 19.1. The highest BCUT2D eigenvalue weighted by molar-refractivity contribution is 6.30. The highest BCUT2D eigenvalue weighted by Gasteiger charge is 2.10. The molecule has 0 amide bonds. The maximum atomic E-state index is 9.55. The lowest BCUT2D eigenvalue weighted by molar-refractivity contribution is -0.134. The van der Waals surface area contributed by atoms with E-state index in [1.807, 2.05) is 25.3 Å². The summed E-state index contributed by atoms with van der Waals surface area (Å²) in [6.45, 7) is 4.57. The number of halogens is 1. The van der Waals surface area contributed by atoms with Crippen LogP contribution in [0.25, 0.3) is 0 Å². The number of hydrogen-bond donors (Lipinski definition) is 3. The Hall–Kier alpha value is -3.60. The third-order valence-electron chi connectivity index (χ3n) is 3.52. The maximum Gasteiger partial charge on any atom is 0.328 e. The van der Waals surface area contributed by atoms with Crippen LogP contribution in [0.4, 0.5) is 0 Å². The molecule has 30 heavy (non-hydrogen) atoms. The first-order valence-corrected chi connectivity index (χ1v) is 9.07. The minimum absolute atomic E-state index is 0.452. The number of benzene rings is 2. The highest BCUT2D eigenvalue weighted by Crippen LogP contribution is 2.31. The molecule has 0 heterocycles. The molecule has 0 bridgehead atoms. The fourth-order valence-corrected chi connectivity index (χ4v) is 2.46. The van der Waals surface area contributed by atoms with Crippen molar-refractivity contribution in [3.05, 3.63) is 82.9 Å². The van der Waals surface area contributed by atoms with Gasteiger partial charge >= 0.3 is 11.9 Å². The van der Waals surface area contributed by atoms with Crippen molar-refractivity contribution in [3.63, 3.8) is 0 Å². The number of carbonyl (C=O) groups is 2. The van der Waals surface area contributed by atoms with Gasteiger partial charge in [0.2, 0.25) is 0 Å². The quantitative estimate of drug-likeness (QED) is 0.426. The van der Waals surface area contributed by atoms with E-state index in [-0.39, 0.29) is 0 Å². The number of allylic oxidation sites excluding steroid dienone is 1. The number of carboxylic acid groups (broad SMARTS) is 2. The van der Waals surface area contributed by atoms with Gasteiger partial charge in [0.1, 0.15) is 17.6 Å². The SMILES string of the molecule is C=CCc1cc(CNC)ccc1Oc1cc(Cl)ccc1C#N.O=C(O)C=CC(=O)O. The Morgan fingerprint density at radius 3 is 2.37 bits per heavy atom. The standard InChI is InChI=1S/C18H17ClN2O.C4H4O4/c1-3-4-14-9-13(12-21-2)5-8-17(14)22-18-10-16(19)7-6-15(18)11-20;5-3(6)1-2-4(7)8/h3,5-10,21H,1,4,12H2,2H3;1-2H,(H,5,6)(H,7,8). The van der Waals surface area contributed by atoms with E-state index in [1.54, 1.807) is 18.2 Å². The van der Waals surface area contributed by atoms with Gasteiger partial charge in [0.25, 0.3) is 0 Å². The third kappa shape index (κ3) is 8.61. The minimum atomic E-state index is -1.26. The molecule has 0 saturated carbocycles. The van der Waals surface area contributed by atoms with Crippen LogP contribution in [0.3, 0.4) is 0 Å². The maximum absolute atomic E-state index is 9.55. The Bertz CT molecular complexity index is 964. The van der Waals surface area contributed by atoms with Crippen LogP contribution in [-0.4, -0.2) is 29.2 Å². The number of aliphatic carboxylic acids is 2. The fourth-order valence-electron chi connectivity index (χ4n) is 2.30. The first kappa shape index (κ1) is 24.4. The predicted molar refractivity (Wildman–Crippen MR) is 114 cm³/mol. The van der Waals surface area contributed by atoms with Gasteiger partial charge < -0.3 is 20.3 Å². The number of ether oxygens (including phenoxy) is 1. The summed E-state index contributed by atoms with van der Waals surface area (Å²) < 4.78 is 5.92. The number of hydrogen-bond acceptors (Lipinski definition) is 5. The number of nitrogens with zero attached hydrogens (tertiary/aromatic N) is 1. The van der Waals surface area contributed by atoms with Gasteiger partial charge in [-0.2, -0.15) is 5.26 Å². The summed E-state index contributed by atoms with van der Waals surface area (Å²) in [6, 6.07) is 13.1. The average molecular weight is 429 g/mol. The molecule has 3 N–H and O–H groups in total. The van der Waals surface area contributed by atoms with E-state index < -0.39 is 11.9 Å². The Labute approximate surface area is 179 Å². The molecule has 0 saturated heterocycles. The van der Waals surface area contributed by atoms with E-state index in [4.69, 9.17) is 26.6 Å². The molecular weight excluding hydrogens is 408 g/mol. The van der Waals surface area contributed by atoms with E-state index in [0.717, 1.165) is 12.1 Å². The van der Waals surface area contributed by atoms with Gasteiger partial charge in [0.05, 0.1) is 5.56 Å². The van der Waals surface area contributed by atoms with Crippen molar-refractivity contribution in [3.8, 4) is 17.6 Å². The van der Waals surface area contributed by atoms with Gasteiger partial charge in [-0.25, -0.2) is 9.59 Å². The molecule has 0 atom stereocenters. The van der Waals surface area contributed by atoms with Crippen LogP contribution in [0.5, 0.6) is 11.5 Å². The van der Waals surface area contributed by atoms with Gasteiger partial charge in [-0.1, -0.05) is 29.8 Å². The summed E-state index contributed by atoms with van der Waals surface area (Å²) in [7, 11) is 1.91. The monoisotopic (exact) mass is 428 g/mol. The van der Waals surface area contributed by atoms with Crippen molar-refractivity contribution in [1.82, 2.24) is 5.32 Å². The Balaban J connectivity index is 0.000000479. The number of nitrogens with one attached hydrogen (secondary N) is 1. The van der Waals surface area contributed by atoms with Gasteiger partial charge in [0.15, 0.2) is 0 Å². The molecule has 0 radical (unpaired) electrons. The lowest BCUT2D eigenvalue weighted by Crippen LogP contribution is -2.05. The second kappa shape index (κ2) is 12.8. The first-order valence-electron chi connectivity index (χ1n) is 8.69. The number of carboxylic acids is 2. The summed E-state index contributed by atoms with van der Waals surface area (Å²) >= 11 is 5.99. The second-order valence-electron chi connectivity index (χ2n) is 5.83. The minimum Gasteiger partial charge on any atom is -0.478 e. The topological polar surface area (TPSA) is 120 Å². The van der Waals surface area contributed by atoms with Crippen molar-refractivity contribution in [1.29, 1.82) is 5.26 Å². The molecule has 0 fully saturated rings. The van der Waals surface area contributed by atoms with E-state index in [2.05, 4.69) is 24.0 Å². The Morgan fingerprint density at radius 2 is 1.83 bits per heavy atom. The van der Waals surface area contributed by atoms with Crippen molar-refractivity contribution in [2.24, 2.45) is 0 Å². The summed E-state index contributed by atoms with van der Waals surface area (Å²) in [5.74, 6) is -1.35. The fraction of sp³-hybridized carbons (Fsp3) is 0.136. The van der Waals surface area contributed by atoms with Gasteiger partial charge in [0, 0.05) is 29.8 Å². The molecule has 2 aromatic carbocycles. The van der Waals surface area contributed by atoms with Crippen LogP contribution in [0.2, 0.25) is 5.02 Å². The molecule has 0 spiro atoms. The van der Waals surface area contributed by atoms with E-state index >= 15 is 0 Å². The predicted octanol–water partition coefficient (Wildman–Crippen LogP) is 4.16. The van der Waals surface area contributed by atoms with Gasteiger partial charge in [-0.15, -0.1) is 6.58 Å². The van der Waals surface area contributed by atoms with E-state index in [1.165, 1.54) is 5.56 Å². The zero-order valence-electron chi connectivity index (χ0n) is 16.3. The van der Waals surface area contributed by atoms with Crippen molar-refractivity contribution >= 4 is 23.5 Å². The van der Waals surface area contributed by atoms with Crippen LogP contribution < -0.4 is 10.1 Å². The second-order valence-corrected chi connectivity index (χ2v) is 6.27. The molecular formula is C22H21ClN2O5. The molecule has 0 aliphatic rings. The van der Waals surface area contributed by atoms with Crippen LogP contribution in [0, 0.1) is 11.3 Å². The molecule has 7 nitrogen and oxygen atoms in total. The van der Waals surface area contributed by atoms with Crippen LogP contribution in [-0.2, 0) is 22.6 Å². The molecule has 156 valence electrons. The van der Waals surface area contributed by atoms with Crippen LogP contribution >= 0.6 is 11.6 Å². The van der Waals surface area contributed by atoms with Crippen molar-refractivity contribution in [2.75, 3.05) is 7.05 Å². The lowest BCUT2D eigenvalue weighted by Gasteiger charge is -2.13. The van der Waals surface area contributed by atoms with Gasteiger partial charge in [-0.05, 0) is 42.8 Å². The van der Waals surface area contributed by atoms with Crippen molar-refractivity contribution < 1.29 is 24.5 Å². The summed E-state index contributed by atoms with van der Waals surface area (Å²) in [6.07, 6.45) is 3.63. The van der Waals surface area contributed by atoms with Gasteiger partial charge in [-0.3, -0.25) is 0 Å². The largest absolute Gasteiger partial charge is 0.478 e. The normalized spacial score (nSPS) is 9.90. The summed E-state index contributed by atoms with van der Waals surface area (Å²) in [5.41, 5.74) is 2.64. The molecule has 0 aliphatic heterocycles. The lowest BCUT2D eigenvalue weighted by atomic mass is 10.1. The third-order valence-corrected chi connectivity index (χ3v) is 3.76. The molecule has 0 unspecified atom stereocenters. The zero-order chi connectivity index (χ0) is 22.5. The number of rotatable bonds is 8.